The quantitative estimate of drug-likeness (QED) is 0.611. The van der Waals surface area contributed by atoms with Crippen LogP contribution in [0.2, 0.25) is 10.0 Å². The fourth-order valence-electron chi connectivity index (χ4n) is 2.16. The van der Waals surface area contributed by atoms with Crippen LogP contribution in [0.4, 0.5) is 5.82 Å². The molecular weight excluding hydrogens is 417 g/mol. The van der Waals surface area contributed by atoms with Gasteiger partial charge in [0.1, 0.15) is 22.8 Å². The average molecular weight is 427 g/mol. The summed E-state index contributed by atoms with van der Waals surface area (Å²) >= 11 is 15.7. The molecule has 24 heavy (non-hydrogen) atoms. The highest BCUT2D eigenvalue weighted by atomic mass is 79.9. The Hall–Kier alpha value is -1.89. The van der Waals surface area contributed by atoms with Crippen molar-refractivity contribution >= 4 is 50.9 Å². The smallest absolute Gasteiger partial charge is 0.262 e. The largest absolute Gasteiger partial charge is 0.360 e. The number of hydrogen-bond acceptors (Lipinski definition) is 4. The standard InChI is InChI=1S/C16H10BrCl2N3O2/c1-8-13(16(23)21-12-6-5-9(17)7-20-12)15(22-24-8)14-10(18)3-2-4-11(14)19/h2-7H,1H3,(H,20,21,23). The Morgan fingerprint density at radius 3 is 2.54 bits per heavy atom. The molecule has 0 bridgehead atoms. The number of pyridine rings is 1. The molecule has 5 nitrogen and oxygen atoms in total. The fraction of sp³-hybridized carbons (Fsp3) is 0.0625. The summed E-state index contributed by atoms with van der Waals surface area (Å²) in [5.74, 6) is 0.352. The van der Waals surface area contributed by atoms with Crippen LogP contribution in [0.5, 0.6) is 0 Å². The predicted molar refractivity (Wildman–Crippen MR) is 96.6 cm³/mol. The summed E-state index contributed by atoms with van der Waals surface area (Å²) in [5, 5.41) is 7.42. The molecule has 0 radical (unpaired) electrons. The summed E-state index contributed by atoms with van der Waals surface area (Å²) in [5.41, 5.74) is 0.999. The van der Waals surface area contributed by atoms with Crippen LogP contribution in [0.1, 0.15) is 16.1 Å². The first-order valence-electron chi connectivity index (χ1n) is 6.81. The second-order valence-electron chi connectivity index (χ2n) is 4.87. The highest BCUT2D eigenvalue weighted by Gasteiger charge is 2.25. The Bertz CT molecular complexity index is 890. The van der Waals surface area contributed by atoms with Crippen molar-refractivity contribution < 1.29 is 9.32 Å². The summed E-state index contributed by atoms with van der Waals surface area (Å²) in [6.45, 7) is 1.64. The number of hydrogen-bond donors (Lipinski definition) is 1. The van der Waals surface area contributed by atoms with Crippen molar-refractivity contribution in [2.24, 2.45) is 0 Å². The summed E-state index contributed by atoms with van der Waals surface area (Å²) < 4.78 is 5.99. The molecule has 0 fully saturated rings. The lowest BCUT2D eigenvalue weighted by Crippen LogP contribution is -2.14. The molecule has 0 spiro atoms. The zero-order valence-corrected chi connectivity index (χ0v) is 15.4. The van der Waals surface area contributed by atoms with Gasteiger partial charge < -0.3 is 9.84 Å². The van der Waals surface area contributed by atoms with Gasteiger partial charge >= 0.3 is 0 Å². The average Bonchev–Trinajstić information content (AvgIpc) is 2.91. The van der Waals surface area contributed by atoms with Gasteiger partial charge in [0, 0.05) is 16.2 Å². The number of carbonyl (C=O) groups excluding carboxylic acids is 1. The molecule has 0 aliphatic heterocycles. The molecule has 122 valence electrons. The van der Waals surface area contributed by atoms with E-state index in [2.05, 4.69) is 31.4 Å². The predicted octanol–water partition coefficient (Wildman–Crippen LogP) is 5.37. The first kappa shape index (κ1) is 17.0. The van der Waals surface area contributed by atoms with Crippen LogP contribution in [0, 0.1) is 6.92 Å². The lowest BCUT2D eigenvalue weighted by molar-refractivity contribution is 0.102. The van der Waals surface area contributed by atoms with Crippen LogP contribution in [0.25, 0.3) is 11.3 Å². The van der Waals surface area contributed by atoms with Gasteiger partial charge in [0.05, 0.1) is 10.0 Å². The van der Waals surface area contributed by atoms with E-state index in [-0.39, 0.29) is 11.3 Å². The van der Waals surface area contributed by atoms with Crippen molar-refractivity contribution in [3.63, 3.8) is 0 Å². The summed E-state index contributed by atoms with van der Waals surface area (Å²) in [6.07, 6.45) is 1.59. The minimum absolute atomic E-state index is 0.259. The van der Waals surface area contributed by atoms with Gasteiger partial charge in [0.15, 0.2) is 0 Å². The molecule has 3 aromatic rings. The molecule has 0 atom stereocenters. The minimum atomic E-state index is -0.408. The lowest BCUT2D eigenvalue weighted by Gasteiger charge is -2.07. The maximum Gasteiger partial charge on any atom is 0.262 e. The number of amides is 1. The Morgan fingerprint density at radius 2 is 1.92 bits per heavy atom. The van der Waals surface area contributed by atoms with Crippen molar-refractivity contribution in [1.82, 2.24) is 10.1 Å². The molecule has 0 unspecified atom stereocenters. The maximum absolute atomic E-state index is 12.6. The topological polar surface area (TPSA) is 68.0 Å². The molecule has 1 amide bonds. The Kier molecular flexibility index (Phi) is 4.89. The van der Waals surface area contributed by atoms with Gasteiger partial charge in [-0.05, 0) is 47.1 Å². The van der Waals surface area contributed by atoms with E-state index in [9.17, 15) is 4.79 Å². The van der Waals surface area contributed by atoms with E-state index in [0.29, 0.717) is 27.2 Å². The van der Waals surface area contributed by atoms with Crippen LogP contribution < -0.4 is 5.32 Å². The number of carbonyl (C=O) groups is 1. The lowest BCUT2D eigenvalue weighted by atomic mass is 10.1. The number of nitrogens with zero attached hydrogens (tertiary/aromatic N) is 2. The van der Waals surface area contributed by atoms with Gasteiger partial charge in [-0.25, -0.2) is 4.98 Å². The number of rotatable bonds is 3. The third-order valence-corrected chi connectivity index (χ3v) is 4.36. The molecule has 1 N–H and O–H groups in total. The number of nitrogens with one attached hydrogen (secondary N) is 1. The third-order valence-electron chi connectivity index (χ3n) is 3.26. The molecule has 8 heteroatoms. The highest BCUT2D eigenvalue weighted by Crippen LogP contribution is 2.36. The van der Waals surface area contributed by atoms with Crippen LogP contribution in [0.15, 0.2) is 45.5 Å². The molecule has 0 saturated carbocycles. The van der Waals surface area contributed by atoms with Crippen molar-refractivity contribution in [3.05, 3.63) is 62.4 Å². The zero-order valence-electron chi connectivity index (χ0n) is 12.3. The van der Waals surface area contributed by atoms with E-state index in [1.807, 2.05) is 0 Å². The molecule has 0 saturated heterocycles. The SMILES string of the molecule is Cc1onc(-c2c(Cl)cccc2Cl)c1C(=O)Nc1ccc(Br)cn1. The number of aromatic nitrogens is 2. The molecule has 2 heterocycles. The summed E-state index contributed by atoms with van der Waals surface area (Å²) in [4.78, 5) is 16.8. The number of aryl methyl sites for hydroxylation is 1. The van der Waals surface area contributed by atoms with Crippen molar-refractivity contribution in [1.29, 1.82) is 0 Å². The first-order chi connectivity index (χ1) is 11.5. The van der Waals surface area contributed by atoms with Crippen LogP contribution >= 0.6 is 39.1 Å². The van der Waals surface area contributed by atoms with E-state index in [4.69, 9.17) is 27.7 Å². The van der Waals surface area contributed by atoms with E-state index < -0.39 is 5.91 Å². The number of benzene rings is 1. The Balaban J connectivity index is 2.01. The van der Waals surface area contributed by atoms with Crippen LogP contribution in [-0.4, -0.2) is 16.0 Å². The third kappa shape index (κ3) is 3.31. The van der Waals surface area contributed by atoms with Crippen molar-refractivity contribution in [2.45, 2.75) is 6.92 Å². The van der Waals surface area contributed by atoms with Gasteiger partial charge in [-0.1, -0.05) is 34.4 Å². The molecule has 1 aromatic carbocycles. The van der Waals surface area contributed by atoms with Gasteiger partial charge in [0.25, 0.3) is 5.91 Å². The highest BCUT2D eigenvalue weighted by molar-refractivity contribution is 9.10. The first-order valence-corrected chi connectivity index (χ1v) is 8.36. The maximum atomic E-state index is 12.6. The van der Waals surface area contributed by atoms with Gasteiger partial charge in [-0.15, -0.1) is 0 Å². The number of halogens is 3. The second kappa shape index (κ2) is 6.93. The minimum Gasteiger partial charge on any atom is -0.360 e. The van der Waals surface area contributed by atoms with E-state index in [0.717, 1.165) is 4.47 Å². The fourth-order valence-corrected chi connectivity index (χ4v) is 2.97. The monoisotopic (exact) mass is 425 g/mol. The second-order valence-corrected chi connectivity index (χ2v) is 6.60. The number of anilines is 1. The van der Waals surface area contributed by atoms with E-state index in [1.165, 1.54) is 0 Å². The van der Waals surface area contributed by atoms with Crippen LogP contribution in [-0.2, 0) is 0 Å². The van der Waals surface area contributed by atoms with Gasteiger partial charge in [0.2, 0.25) is 0 Å². The van der Waals surface area contributed by atoms with Gasteiger partial charge in [-0.3, -0.25) is 4.79 Å². The molecule has 0 aliphatic rings. The van der Waals surface area contributed by atoms with Gasteiger partial charge in [-0.2, -0.15) is 0 Å². The molecule has 2 aromatic heterocycles. The van der Waals surface area contributed by atoms with Crippen molar-refractivity contribution in [2.75, 3.05) is 5.32 Å². The van der Waals surface area contributed by atoms with E-state index >= 15 is 0 Å². The molecular formula is C16H10BrCl2N3O2. The normalized spacial score (nSPS) is 10.7. The summed E-state index contributed by atoms with van der Waals surface area (Å²) in [7, 11) is 0. The molecule has 3 rings (SSSR count). The Labute approximate surface area is 156 Å². The zero-order chi connectivity index (χ0) is 17.3. The van der Waals surface area contributed by atoms with Crippen molar-refractivity contribution in [3.8, 4) is 11.3 Å². The van der Waals surface area contributed by atoms with Crippen LogP contribution in [0.3, 0.4) is 0 Å². The summed E-state index contributed by atoms with van der Waals surface area (Å²) in [6, 6.07) is 8.50. The molecule has 0 aliphatic carbocycles. The Morgan fingerprint density at radius 1 is 1.21 bits per heavy atom. The van der Waals surface area contributed by atoms with E-state index in [1.54, 1.807) is 43.5 Å².